The van der Waals surface area contributed by atoms with Gasteiger partial charge in [-0.1, -0.05) is 19.4 Å². The molecule has 1 aliphatic rings. The Hall–Kier alpha value is -0.540. The van der Waals surface area contributed by atoms with E-state index in [1.165, 1.54) is 47.8 Å². The predicted molar refractivity (Wildman–Crippen MR) is 91.3 cm³/mol. The van der Waals surface area contributed by atoms with Crippen molar-refractivity contribution in [2.45, 2.75) is 51.6 Å². The van der Waals surface area contributed by atoms with Crippen molar-refractivity contribution in [3.8, 4) is 0 Å². The van der Waals surface area contributed by atoms with Gasteiger partial charge in [0, 0.05) is 24.1 Å². The van der Waals surface area contributed by atoms with E-state index < -0.39 is 0 Å². The summed E-state index contributed by atoms with van der Waals surface area (Å²) in [4.78, 5) is 2.47. The molecule has 20 heavy (non-hydrogen) atoms. The predicted octanol–water partition coefficient (Wildman–Crippen LogP) is 4.57. The van der Waals surface area contributed by atoms with Crippen LogP contribution >= 0.6 is 15.9 Å². The van der Waals surface area contributed by atoms with Crippen LogP contribution in [-0.4, -0.2) is 20.1 Å². The van der Waals surface area contributed by atoms with Gasteiger partial charge in [-0.15, -0.1) is 0 Å². The number of benzene rings is 1. The SMILES string of the molecule is CCC1CCC(N(C)c2ccc(CNC)cc2Br)CC1. The second-order valence-electron chi connectivity index (χ2n) is 6.01. The van der Waals surface area contributed by atoms with E-state index in [0.29, 0.717) is 6.04 Å². The van der Waals surface area contributed by atoms with Crippen molar-refractivity contribution in [2.24, 2.45) is 5.92 Å². The van der Waals surface area contributed by atoms with Gasteiger partial charge in [-0.3, -0.25) is 0 Å². The maximum atomic E-state index is 3.74. The standard InChI is InChI=1S/C17H27BrN2/c1-4-13-5-8-15(9-6-13)20(3)17-10-7-14(12-19-2)11-16(17)18/h7,10-11,13,15,19H,4-6,8-9,12H2,1-3H3. The van der Waals surface area contributed by atoms with Crippen LogP contribution in [-0.2, 0) is 6.54 Å². The van der Waals surface area contributed by atoms with E-state index in [0.717, 1.165) is 12.5 Å². The van der Waals surface area contributed by atoms with Gasteiger partial charge >= 0.3 is 0 Å². The molecule has 112 valence electrons. The first-order valence-electron chi connectivity index (χ1n) is 7.81. The molecule has 1 aliphatic carbocycles. The van der Waals surface area contributed by atoms with Crippen LogP contribution in [0.25, 0.3) is 0 Å². The van der Waals surface area contributed by atoms with Gasteiger partial charge in [-0.25, -0.2) is 0 Å². The Kier molecular flexibility index (Phi) is 5.91. The molecule has 1 aromatic carbocycles. The minimum Gasteiger partial charge on any atom is -0.371 e. The monoisotopic (exact) mass is 338 g/mol. The molecule has 0 aromatic heterocycles. The summed E-state index contributed by atoms with van der Waals surface area (Å²) >= 11 is 3.74. The Morgan fingerprint density at radius 3 is 2.50 bits per heavy atom. The lowest BCUT2D eigenvalue weighted by Gasteiger charge is -2.36. The minimum absolute atomic E-state index is 0.698. The highest BCUT2D eigenvalue weighted by molar-refractivity contribution is 9.10. The molecule has 1 fully saturated rings. The third-order valence-electron chi connectivity index (χ3n) is 4.71. The van der Waals surface area contributed by atoms with E-state index in [1.807, 2.05) is 7.05 Å². The van der Waals surface area contributed by atoms with Crippen LogP contribution in [0.15, 0.2) is 22.7 Å². The topological polar surface area (TPSA) is 15.3 Å². The molecule has 0 amide bonds. The average molecular weight is 339 g/mol. The first-order chi connectivity index (χ1) is 9.65. The summed E-state index contributed by atoms with van der Waals surface area (Å²) in [6.45, 7) is 3.25. The van der Waals surface area contributed by atoms with Crippen LogP contribution in [0.2, 0.25) is 0 Å². The number of hydrogen-bond acceptors (Lipinski definition) is 2. The van der Waals surface area contributed by atoms with Gasteiger partial charge in [0.15, 0.2) is 0 Å². The molecule has 0 aliphatic heterocycles. The Labute approximate surface area is 132 Å². The van der Waals surface area contributed by atoms with Crippen molar-refractivity contribution in [3.63, 3.8) is 0 Å². The fourth-order valence-electron chi connectivity index (χ4n) is 3.29. The molecule has 0 spiro atoms. The van der Waals surface area contributed by atoms with Gasteiger partial charge in [-0.05, 0) is 72.3 Å². The third-order valence-corrected chi connectivity index (χ3v) is 5.35. The fourth-order valence-corrected chi connectivity index (χ4v) is 3.99. The first kappa shape index (κ1) is 15.8. The number of nitrogens with zero attached hydrogens (tertiary/aromatic N) is 1. The highest BCUT2D eigenvalue weighted by Gasteiger charge is 2.24. The lowest BCUT2D eigenvalue weighted by Crippen LogP contribution is -2.35. The van der Waals surface area contributed by atoms with Crippen LogP contribution in [0.3, 0.4) is 0 Å². The quantitative estimate of drug-likeness (QED) is 0.845. The second kappa shape index (κ2) is 7.46. The average Bonchev–Trinajstić information content (AvgIpc) is 2.47. The van der Waals surface area contributed by atoms with Gasteiger partial charge in [0.1, 0.15) is 0 Å². The van der Waals surface area contributed by atoms with E-state index in [4.69, 9.17) is 0 Å². The molecule has 1 N–H and O–H groups in total. The minimum atomic E-state index is 0.698. The van der Waals surface area contributed by atoms with E-state index in [1.54, 1.807) is 0 Å². The maximum absolute atomic E-state index is 3.74. The summed E-state index contributed by atoms with van der Waals surface area (Å²) < 4.78 is 1.21. The number of rotatable bonds is 5. The molecular formula is C17H27BrN2. The van der Waals surface area contributed by atoms with E-state index >= 15 is 0 Å². The van der Waals surface area contributed by atoms with Crippen LogP contribution < -0.4 is 10.2 Å². The van der Waals surface area contributed by atoms with E-state index in [9.17, 15) is 0 Å². The van der Waals surface area contributed by atoms with Gasteiger partial charge in [-0.2, -0.15) is 0 Å². The number of hydrogen-bond donors (Lipinski definition) is 1. The maximum Gasteiger partial charge on any atom is 0.0510 e. The highest BCUT2D eigenvalue weighted by Crippen LogP contribution is 2.34. The van der Waals surface area contributed by atoms with Crippen molar-refractivity contribution >= 4 is 21.6 Å². The Morgan fingerprint density at radius 1 is 1.25 bits per heavy atom. The Balaban J connectivity index is 2.03. The molecule has 2 nitrogen and oxygen atoms in total. The number of halogens is 1. The molecule has 3 heteroatoms. The molecule has 0 unspecified atom stereocenters. The van der Waals surface area contributed by atoms with Gasteiger partial charge in [0.05, 0.1) is 5.69 Å². The number of nitrogens with one attached hydrogen (secondary N) is 1. The lowest BCUT2D eigenvalue weighted by atomic mass is 9.84. The van der Waals surface area contributed by atoms with Gasteiger partial charge in [0.2, 0.25) is 0 Å². The molecular weight excluding hydrogens is 312 g/mol. The third kappa shape index (κ3) is 3.76. The van der Waals surface area contributed by atoms with Crippen LogP contribution in [0.4, 0.5) is 5.69 Å². The smallest absolute Gasteiger partial charge is 0.0510 e. The van der Waals surface area contributed by atoms with E-state index in [2.05, 4.69) is 58.3 Å². The van der Waals surface area contributed by atoms with Crippen molar-refractivity contribution in [1.82, 2.24) is 5.32 Å². The Bertz CT molecular complexity index is 425. The summed E-state index contributed by atoms with van der Waals surface area (Å²) in [7, 11) is 4.23. The fraction of sp³-hybridized carbons (Fsp3) is 0.647. The van der Waals surface area contributed by atoms with Crippen LogP contribution in [0.1, 0.15) is 44.6 Å². The summed E-state index contributed by atoms with van der Waals surface area (Å²) in [5.41, 5.74) is 2.65. The van der Waals surface area contributed by atoms with Crippen molar-refractivity contribution in [1.29, 1.82) is 0 Å². The van der Waals surface area contributed by atoms with Gasteiger partial charge in [0.25, 0.3) is 0 Å². The summed E-state index contributed by atoms with van der Waals surface area (Å²) in [5.74, 6) is 0.959. The zero-order valence-electron chi connectivity index (χ0n) is 13.0. The number of anilines is 1. The van der Waals surface area contributed by atoms with Crippen LogP contribution in [0.5, 0.6) is 0 Å². The summed E-state index contributed by atoms with van der Waals surface area (Å²) in [6, 6.07) is 7.41. The Morgan fingerprint density at radius 2 is 1.95 bits per heavy atom. The molecule has 0 bridgehead atoms. The molecule has 0 heterocycles. The molecule has 0 atom stereocenters. The molecule has 0 saturated heterocycles. The second-order valence-corrected chi connectivity index (χ2v) is 6.86. The lowest BCUT2D eigenvalue weighted by molar-refractivity contribution is 0.313. The summed E-state index contributed by atoms with van der Waals surface area (Å²) in [6.07, 6.45) is 6.79. The molecule has 0 radical (unpaired) electrons. The largest absolute Gasteiger partial charge is 0.371 e. The van der Waals surface area contributed by atoms with Crippen molar-refractivity contribution < 1.29 is 0 Å². The van der Waals surface area contributed by atoms with Gasteiger partial charge < -0.3 is 10.2 Å². The summed E-state index contributed by atoms with van der Waals surface area (Å²) in [5, 5.41) is 3.20. The molecule has 1 aromatic rings. The highest BCUT2D eigenvalue weighted by atomic mass is 79.9. The normalized spacial score (nSPS) is 22.8. The van der Waals surface area contributed by atoms with E-state index in [-0.39, 0.29) is 0 Å². The van der Waals surface area contributed by atoms with Crippen molar-refractivity contribution in [2.75, 3.05) is 19.0 Å². The zero-order chi connectivity index (χ0) is 14.5. The first-order valence-corrected chi connectivity index (χ1v) is 8.60. The zero-order valence-corrected chi connectivity index (χ0v) is 14.5. The van der Waals surface area contributed by atoms with Crippen molar-refractivity contribution in [3.05, 3.63) is 28.2 Å². The molecule has 1 saturated carbocycles. The molecule has 2 rings (SSSR count). The van der Waals surface area contributed by atoms with Crippen LogP contribution in [0, 0.1) is 5.92 Å².